The Kier molecular flexibility index (Phi) is 4.41. The van der Waals surface area contributed by atoms with Crippen molar-refractivity contribution in [2.24, 2.45) is 0 Å². The number of nitrogens with zero attached hydrogens (tertiary/aromatic N) is 2. The maximum Gasteiger partial charge on any atom is 0.231 e. The van der Waals surface area contributed by atoms with Crippen LogP contribution in [0.3, 0.4) is 0 Å². The number of hydrogen-bond acceptors (Lipinski definition) is 4. The average Bonchev–Trinajstić information content (AvgIpc) is 3.23. The normalized spacial score (nSPS) is 12.7. The van der Waals surface area contributed by atoms with Gasteiger partial charge in [0.25, 0.3) is 0 Å². The van der Waals surface area contributed by atoms with Crippen LogP contribution in [0.4, 0.5) is 0 Å². The molecule has 4 rings (SSSR count). The van der Waals surface area contributed by atoms with E-state index in [2.05, 4.69) is 4.98 Å². The lowest BCUT2D eigenvalue weighted by molar-refractivity contribution is 0.104. The first-order valence-corrected chi connectivity index (χ1v) is 8.50. The van der Waals surface area contributed by atoms with Gasteiger partial charge in [0, 0.05) is 11.3 Å². The van der Waals surface area contributed by atoms with E-state index in [-0.39, 0.29) is 23.0 Å². The van der Waals surface area contributed by atoms with Gasteiger partial charge in [0.1, 0.15) is 0 Å². The SMILES string of the molecule is O=C(C=Cc1c(Cl)nc(Cl)n1-c1ccccc1)c1ccc2c(c1)OCO2. The molecule has 0 aliphatic carbocycles. The van der Waals surface area contributed by atoms with E-state index in [1.807, 2.05) is 30.3 Å². The molecule has 0 saturated heterocycles. The van der Waals surface area contributed by atoms with Gasteiger partial charge in [-0.1, -0.05) is 29.8 Å². The van der Waals surface area contributed by atoms with Gasteiger partial charge in [-0.2, -0.15) is 0 Å². The van der Waals surface area contributed by atoms with E-state index in [0.717, 1.165) is 5.69 Å². The first kappa shape index (κ1) is 16.7. The van der Waals surface area contributed by atoms with Gasteiger partial charge in [0.15, 0.2) is 22.4 Å². The zero-order valence-electron chi connectivity index (χ0n) is 13.4. The molecule has 0 spiro atoms. The molecule has 5 nitrogen and oxygen atoms in total. The van der Waals surface area contributed by atoms with Crippen molar-refractivity contribution in [3.63, 3.8) is 0 Å². The zero-order valence-corrected chi connectivity index (χ0v) is 14.9. The molecule has 0 radical (unpaired) electrons. The highest BCUT2D eigenvalue weighted by Gasteiger charge is 2.17. The van der Waals surface area contributed by atoms with Gasteiger partial charge in [-0.3, -0.25) is 9.36 Å². The minimum absolute atomic E-state index is 0.160. The first-order chi connectivity index (χ1) is 12.6. The van der Waals surface area contributed by atoms with E-state index >= 15 is 0 Å². The topological polar surface area (TPSA) is 53.4 Å². The Balaban J connectivity index is 1.66. The van der Waals surface area contributed by atoms with Gasteiger partial charge in [0.05, 0.1) is 5.69 Å². The summed E-state index contributed by atoms with van der Waals surface area (Å²) >= 11 is 12.4. The second-order valence-corrected chi connectivity index (χ2v) is 6.19. The molecule has 2 heterocycles. The Morgan fingerprint density at radius 1 is 1.08 bits per heavy atom. The van der Waals surface area contributed by atoms with Crippen LogP contribution in [0.5, 0.6) is 11.5 Å². The van der Waals surface area contributed by atoms with Crippen LogP contribution in [0.15, 0.2) is 54.6 Å². The molecule has 2 aromatic carbocycles. The van der Waals surface area contributed by atoms with Crippen molar-refractivity contribution in [1.82, 2.24) is 9.55 Å². The summed E-state index contributed by atoms with van der Waals surface area (Å²) in [4.78, 5) is 16.6. The van der Waals surface area contributed by atoms with E-state index in [1.165, 1.54) is 6.08 Å². The number of aromatic nitrogens is 2. The van der Waals surface area contributed by atoms with Crippen LogP contribution in [-0.4, -0.2) is 22.1 Å². The fraction of sp³-hybridized carbons (Fsp3) is 0.0526. The van der Waals surface area contributed by atoms with Crippen LogP contribution in [0, 0.1) is 0 Å². The van der Waals surface area contributed by atoms with Crippen molar-refractivity contribution in [3.8, 4) is 17.2 Å². The highest BCUT2D eigenvalue weighted by molar-refractivity contribution is 6.33. The average molecular weight is 387 g/mol. The molecule has 3 aromatic rings. The quantitative estimate of drug-likeness (QED) is 0.477. The number of allylic oxidation sites excluding steroid dienone is 1. The molecule has 1 aliphatic heterocycles. The molecular formula is C19H12Cl2N2O3. The van der Waals surface area contributed by atoms with Crippen LogP contribution >= 0.6 is 23.2 Å². The summed E-state index contributed by atoms with van der Waals surface area (Å²) in [6, 6.07) is 14.5. The maximum absolute atomic E-state index is 12.5. The smallest absolute Gasteiger partial charge is 0.231 e. The number of para-hydroxylation sites is 1. The number of rotatable bonds is 4. The summed E-state index contributed by atoms with van der Waals surface area (Å²) in [7, 11) is 0. The third kappa shape index (κ3) is 3.07. The largest absolute Gasteiger partial charge is 0.454 e. The monoisotopic (exact) mass is 386 g/mol. The van der Waals surface area contributed by atoms with E-state index < -0.39 is 0 Å². The molecule has 0 amide bonds. The maximum atomic E-state index is 12.5. The predicted octanol–water partition coefficient (Wildman–Crippen LogP) is 4.80. The number of ketones is 1. The molecule has 7 heteroatoms. The van der Waals surface area contributed by atoms with Crippen molar-refractivity contribution in [1.29, 1.82) is 0 Å². The van der Waals surface area contributed by atoms with Crippen LogP contribution < -0.4 is 9.47 Å². The minimum Gasteiger partial charge on any atom is -0.454 e. The minimum atomic E-state index is -0.198. The fourth-order valence-corrected chi connectivity index (χ4v) is 3.19. The number of hydrogen-bond donors (Lipinski definition) is 0. The number of imidazole rings is 1. The highest BCUT2D eigenvalue weighted by Crippen LogP contribution is 2.33. The molecule has 0 N–H and O–H groups in total. The van der Waals surface area contributed by atoms with E-state index in [0.29, 0.717) is 22.8 Å². The lowest BCUT2D eigenvalue weighted by atomic mass is 10.1. The standard InChI is InChI=1S/C19H12Cl2N2O3/c20-18-14(23(19(21)22-18)13-4-2-1-3-5-13)7-8-15(24)12-6-9-16-17(10-12)26-11-25-16/h1-10H,11H2. The second kappa shape index (κ2) is 6.86. The molecule has 0 unspecified atom stereocenters. The number of benzene rings is 2. The predicted molar refractivity (Wildman–Crippen MR) is 99.5 cm³/mol. The molecule has 0 saturated carbocycles. The van der Waals surface area contributed by atoms with Gasteiger partial charge in [-0.25, -0.2) is 4.98 Å². The second-order valence-electron chi connectivity index (χ2n) is 5.49. The summed E-state index contributed by atoms with van der Waals surface area (Å²) in [6.07, 6.45) is 3.03. The van der Waals surface area contributed by atoms with Crippen molar-refractivity contribution < 1.29 is 14.3 Å². The molecule has 130 valence electrons. The van der Waals surface area contributed by atoms with Crippen LogP contribution in [0.1, 0.15) is 16.1 Å². The third-order valence-corrected chi connectivity index (χ3v) is 4.42. The van der Waals surface area contributed by atoms with Crippen molar-refractivity contribution in [2.45, 2.75) is 0 Å². The molecule has 0 bridgehead atoms. The molecular weight excluding hydrogens is 375 g/mol. The molecule has 1 aliphatic rings. The number of carbonyl (C=O) groups is 1. The Morgan fingerprint density at radius 2 is 1.85 bits per heavy atom. The number of halogens is 2. The summed E-state index contributed by atoms with van der Waals surface area (Å²) in [5, 5.41) is 0.435. The van der Waals surface area contributed by atoms with E-state index in [4.69, 9.17) is 32.7 Å². The van der Waals surface area contributed by atoms with Crippen molar-refractivity contribution in [3.05, 3.63) is 76.3 Å². The summed E-state index contributed by atoms with van der Waals surface area (Å²) in [5.74, 6) is 0.985. The lowest BCUT2D eigenvalue weighted by Gasteiger charge is -2.06. The Bertz CT molecular complexity index is 1010. The summed E-state index contributed by atoms with van der Waals surface area (Å²) < 4.78 is 12.2. The van der Waals surface area contributed by atoms with Gasteiger partial charge in [-0.05, 0) is 54.1 Å². The number of carbonyl (C=O) groups excluding carboxylic acids is 1. The Hall–Kier alpha value is -2.76. The number of fused-ring (bicyclic) bond motifs is 1. The summed E-state index contributed by atoms with van der Waals surface area (Å²) in [6.45, 7) is 0.160. The van der Waals surface area contributed by atoms with Crippen LogP contribution in [0.25, 0.3) is 11.8 Å². The summed E-state index contributed by atoms with van der Waals surface area (Å²) in [5.41, 5.74) is 1.81. The van der Waals surface area contributed by atoms with E-state index in [9.17, 15) is 4.79 Å². The lowest BCUT2D eigenvalue weighted by Crippen LogP contribution is -1.98. The molecule has 26 heavy (non-hydrogen) atoms. The van der Waals surface area contributed by atoms with Gasteiger partial charge < -0.3 is 9.47 Å². The molecule has 0 atom stereocenters. The van der Waals surface area contributed by atoms with Gasteiger partial charge >= 0.3 is 0 Å². The Morgan fingerprint density at radius 3 is 2.65 bits per heavy atom. The van der Waals surface area contributed by atoms with Crippen LogP contribution in [0.2, 0.25) is 10.4 Å². The fourth-order valence-electron chi connectivity index (χ4n) is 2.65. The van der Waals surface area contributed by atoms with Crippen LogP contribution in [-0.2, 0) is 0 Å². The first-order valence-electron chi connectivity index (χ1n) is 7.75. The van der Waals surface area contributed by atoms with Gasteiger partial charge in [0.2, 0.25) is 12.1 Å². The van der Waals surface area contributed by atoms with Gasteiger partial charge in [-0.15, -0.1) is 0 Å². The van der Waals surface area contributed by atoms with E-state index in [1.54, 1.807) is 28.8 Å². The molecule has 0 fully saturated rings. The van der Waals surface area contributed by atoms with Crippen molar-refractivity contribution >= 4 is 35.1 Å². The Labute approximate surface area is 159 Å². The highest BCUT2D eigenvalue weighted by atomic mass is 35.5. The third-order valence-electron chi connectivity index (χ3n) is 3.89. The number of ether oxygens (including phenoxy) is 2. The zero-order chi connectivity index (χ0) is 18.1. The molecule has 1 aromatic heterocycles. The van der Waals surface area contributed by atoms with Crippen molar-refractivity contribution in [2.75, 3.05) is 6.79 Å².